The van der Waals surface area contributed by atoms with Crippen LogP contribution in [0.1, 0.15) is 5.56 Å². The van der Waals surface area contributed by atoms with E-state index < -0.39 is 0 Å². The molecule has 1 aromatic carbocycles. The molecule has 2 rings (SSSR count). The Morgan fingerprint density at radius 2 is 2.08 bits per heavy atom. The molecule has 1 aliphatic rings. The lowest BCUT2D eigenvalue weighted by molar-refractivity contribution is 0.262. The van der Waals surface area contributed by atoms with Crippen molar-refractivity contribution >= 4 is 23.1 Å². The minimum absolute atomic E-state index is 0.0813. The molecule has 0 unspecified atom stereocenters. The Hall–Kier alpha value is -1.22. The van der Waals surface area contributed by atoms with Crippen molar-refractivity contribution in [3.63, 3.8) is 0 Å². The molecule has 0 aliphatic carbocycles. The Morgan fingerprint density at radius 3 is 2.69 bits per heavy atom. The van der Waals surface area contributed by atoms with Crippen LogP contribution in [0.15, 0.2) is 35.2 Å². The Labute approximate surface area is 81.0 Å². The van der Waals surface area contributed by atoms with Crippen molar-refractivity contribution in [3.8, 4) is 0 Å². The highest BCUT2D eigenvalue weighted by molar-refractivity contribution is 8.17. The van der Waals surface area contributed by atoms with Gasteiger partial charge in [0.2, 0.25) is 0 Å². The summed E-state index contributed by atoms with van der Waals surface area (Å²) >= 11 is 1.22. The second kappa shape index (κ2) is 3.66. The normalized spacial score (nSPS) is 19.1. The van der Waals surface area contributed by atoms with Crippen LogP contribution in [0.5, 0.6) is 0 Å². The van der Waals surface area contributed by atoms with E-state index in [2.05, 4.69) is 5.32 Å². The van der Waals surface area contributed by atoms with Gasteiger partial charge in [-0.1, -0.05) is 30.3 Å². The van der Waals surface area contributed by atoms with Gasteiger partial charge in [-0.15, -0.1) is 0 Å². The summed E-state index contributed by atoms with van der Waals surface area (Å²) in [6, 6.07) is 9.95. The van der Waals surface area contributed by atoms with E-state index in [9.17, 15) is 4.79 Å². The van der Waals surface area contributed by atoms with Crippen molar-refractivity contribution < 1.29 is 4.79 Å². The summed E-state index contributed by atoms with van der Waals surface area (Å²) in [7, 11) is 0. The molecule has 1 heterocycles. The zero-order chi connectivity index (χ0) is 9.10. The number of rotatable bonds is 1. The minimum atomic E-state index is -0.0813. The molecule has 0 bridgehead atoms. The summed E-state index contributed by atoms with van der Waals surface area (Å²) < 4.78 is 0. The number of thioether (sulfide) groups is 1. The van der Waals surface area contributed by atoms with E-state index in [4.69, 9.17) is 0 Å². The first-order valence-corrected chi connectivity index (χ1v) is 4.81. The second-order valence-corrected chi connectivity index (χ2v) is 3.78. The van der Waals surface area contributed by atoms with Crippen LogP contribution in [-0.2, 0) is 0 Å². The molecule has 1 saturated heterocycles. The Kier molecular flexibility index (Phi) is 2.36. The number of benzene rings is 1. The van der Waals surface area contributed by atoms with Crippen molar-refractivity contribution in [2.24, 2.45) is 0 Å². The van der Waals surface area contributed by atoms with E-state index in [1.807, 2.05) is 36.4 Å². The molecule has 1 fully saturated rings. The van der Waals surface area contributed by atoms with Gasteiger partial charge in [-0.05, 0) is 23.4 Å². The maximum atomic E-state index is 10.8. The summed E-state index contributed by atoms with van der Waals surface area (Å²) in [5.41, 5.74) is 1.12. The lowest BCUT2D eigenvalue weighted by atomic mass is 10.2. The lowest BCUT2D eigenvalue weighted by Crippen LogP contribution is -1.99. The molecule has 1 amide bonds. The van der Waals surface area contributed by atoms with Gasteiger partial charge < -0.3 is 0 Å². The number of carbonyl (C=O) groups is 1. The van der Waals surface area contributed by atoms with Gasteiger partial charge in [0.05, 0.1) is 6.54 Å². The molecule has 0 saturated carbocycles. The van der Waals surface area contributed by atoms with E-state index in [0.717, 1.165) is 10.5 Å². The molecule has 0 spiro atoms. The largest absolute Gasteiger partial charge is 0.305 e. The third kappa shape index (κ3) is 2.12. The zero-order valence-corrected chi connectivity index (χ0v) is 7.75. The molecule has 0 aromatic heterocycles. The standard InChI is InChI=1S/C10H8NOS/c12-10-11-7-9(13-10)6-8-4-2-1-3-5-8/h1-6H,7H2. The topological polar surface area (TPSA) is 31.2 Å². The maximum absolute atomic E-state index is 10.8. The third-order valence-corrected chi connectivity index (χ3v) is 2.52. The van der Waals surface area contributed by atoms with Crippen molar-refractivity contribution in [1.82, 2.24) is 5.32 Å². The lowest BCUT2D eigenvalue weighted by Gasteiger charge is -1.92. The first kappa shape index (κ1) is 8.38. The van der Waals surface area contributed by atoms with Crippen LogP contribution in [0.4, 0.5) is 4.79 Å². The number of hydrogen-bond donors (Lipinski definition) is 0. The third-order valence-electron chi connectivity index (χ3n) is 1.71. The first-order valence-electron chi connectivity index (χ1n) is 3.99. The van der Waals surface area contributed by atoms with Gasteiger partial charge >= 0.3 is 5.24 Å². The van der Waals surface area contributed by atoms with Gasteiger partial charge in [-0.2, -0.15) is 0 Å². The van der Waals surface area contributed by atoms with Crippen LogP contribution in [0.25, 0.3) is 6.08 Å². The van der Waals surface area contributed by atoms with E-state index in [1.165, 1.54) is 11.8 Å². The van der Waals surface area contributed by atoms with E-state index in [0.29, 0.717) is 6.54 Å². The predicted molar refractivity (Wildman–Crippen MR) is 54.4 cm³/mol. The van der Waals surface area contributed by atoms with E-state index >= 15 is 0 Å². The van der Waals surface area contributed by atoms with Gasteiger partial charge in [0.25, 0.3) is 0 Å². The molecule has 13 heavy (non-hydrogen) atoms. The van der Waals surface area contributed by atoms with Crippen molar-refractivity contribution in [2.75, 3.05) is 6.54 Å². The van der Waals surface area contributed by atoms with Gasteiger partial charge in [0.15, 0.2) is 0 Å². The summed E-state index contributed by atoms with van der Waals surface area (Å²) in [4.78, 5) is 11.8. The second-order valence-electron chi connectivity index (χ2n) is 2.71. The molecule has 3 heteroatoms. The van der Waals surface area contributed by atoms with Crippen LogP contribution in [0.3, 0.4) is 0 Å². The van der Waals surface area contributed by atoms with Crippen LogP contribution in [0.2, 0.25) is 0 Å². The highest BCUT2D eigenvalue weighted by Crippen LogP contribution is 2.24. The smallest absolute Gasteiger partial charge is 0.259 e. The van der Waals surface area contributed by atoms with E-state index in [-0.39, 0.29) is 5.24 Å². The zero-order valence-electron chi connectivity index (χ0n) is 6.93. The fourth-order valence-electron chi connectivity index (χ4n) is 1.13. The molecular formula is C10H8NOS. The molecule has 1 aliphatic heterocycles. The monoisotopic (exact) mass is 190 g/mol. The molecule has 65 valence electrons. The van der Waals surface area contributed by atoms with Crippen molar-refractivity contribution in [3.05, 3.63) is 40.8 Å². The summed E-state index contributed by atoms with van der Waals surface area (Å²) in [5.74, 6) is 0. The molecular weight excluding hydrogens is 182 g/mol. The first-order chi connectivity index (χ1) is 6.34. The maximum Gasteiger partial charge on any atom is 0.305 e. The fraction of sp³-hybridized carbons (Fsp3) is 0.100. The highest BCUT2D eigenvalue weighted by atomic mass is 32.2. The molecule has 1 aromatic rings. The molecule has 0 atom stereocenters. The SMILES string of the molecule is O=C1[N]CC(=Cc2ccccc2)S1. The highest BCUT2D eigenvalue weighted by Gasteiger charge is 2.16. The molecule has 2 nitrogen and oxygen atoms in total. The van der Waals surface area contributed by atoms with Gasteiger partial charge in [0.1, 0.15) is 0 Å². The number of amides is 1. The number of hydrogen-bond acceptors (Lipinski definition) is 2. The molecule has 1 radical (unpaired) electrons. The van der Waals surface area contributed by atoms with Crippen LogP contribution in [-0.4, -0.2) is 11.8 Å². The number of carbonyl (C=O) groups excluding carboxylic acids is 1. The van der Waals surface area contributed by atoms with Crippen LogP contribution >= 0.6 is 11.8 Å². The Balaban J connectivity index is 2.17. The fourth-order valence-corrected chi connectivity index (χ4v) is 1.81. The predicted octanol–water partition coefficient (Wildman–Crippen LogP) is 2.50. The Morgan fingerprint density at radius 1 is 1.31 bits per heavy atom. The van der Waals surface area contributed by atoms with Crippen molar-refractivity contribution in [2.45, 2.75) is 0 Å². The summed E-state index contributed by atoms with van der Waals surface area (Å²) in [6.07, 6.45) is 2.00. The van der Waals surface area contributed by atoms with Gasteiger partial charge in [-0.3, -0.25) is 4.79 Å². The average Bonchev–Trinajstić information content (AvgIpc) is 2.53. The minimum Gasteiger partial charge on any atom is -0.259 e. The van der Waals surface area contributed by atoms with Crippen molar-refractivity contribution in [1.29, 1.82) is 0 Å². The quantitative estimate of drug-likeness (QED) is 0.681. The summed E-state index contributed by atoms with van der Waals surface area (Å²) in [5, 5.41) is 3.69. The van der Waals surface area contributed by atoms with Crippen LogP contribution < -0.4 is 5.32 Å². The molecule has 0 N–H and O–H groups in total. The van der Waals surface area contributed by atoms with E-state index in [1.54, 1.807) is 0 Å². The Bertz CT molecular complexity index is 345. The van der Waals surface area contributed by atoms with Crippen LogP contribution in [0, 0.1) is 0 Å². The average molecular weight is 190 g/mol. The van der Waals surface area contributed by atoms with Gasteiger partial charge in [0, 0.05) is 4.91 Å². The summed E-state index contributed by atoms with van der Waals surface area (Å²) in [6.45, 7) is 0.540. The van der Waals surface area contributed by atoms with Gasteiger partial charge in [-0.25, -0.2) is 5.32 Å². The number of nitrogens with zero attached hydrogens (tertiary/aromatic N) is 1.